The van der Waals surface area contributed by atoms with Crippen LogP contribution in [0.3, 0.4) is 0 Å². The Balaban J connectivity index is 2.22. The van der Waals surface area contributed by atoms with E-state index in [1.54, 1.807) is 0 Å². The van der Waals surface area contributed by atoms with Gasteiger partial charge in [0.15, 0.2) is 0 Å². The van der Waals surface area contributed by atoms with Crippen LogP contribution in [0.5, 0.6) is 11.5 Å². The summed E-state index contributed by atoms with van der Waals surface area (Å²) in [7, 11) is 0. The molecule has 0 saturated heterocycles. The molecule has 0 amide bonds. The molecule has 2 nitrogen and oxygen atoms in total. The van der Waals surface area contributed by atoms with Crippen LogP contribution in [0.2, 0.25) is 0 Å². The standard InChI is InChI=1S/C18H20O2/c1-2-3-7-12-8-6-11-15-16(12)18(20)14-10-5-4-9-13(14)17(15)19/h4-6,8-10,12,19-20H,2-3,7,11H2,1H3. The molecule has 104 valence electrons. The Morgan fingerprint density at radius 3 is 2.50 bits per heavy atom. The summed E-state index contributed by atoms with van der Waals surface area (Å²) >= 11 is 0. The minimum Gasteiger partial charge on any atom is -0.507 e. The smallest absolute Gasteiger partial charge is 0.127 e. The van der Waals surface area contributed by atoms with Crippen LogP contribution < -0.4 is 0 Å². The van der Waals surface area contributed by atoms with E-state index in [1.165, 1.54) is 0 Å². The van der Waals surface area contributed by atoms with Crippen LogP contribution in [-0.4, -0.2) is 10.2 Å². The third-order valence-corrected chi connectivity index (χ3v) is 4.23. The second-order valence-corrected chi connectivity index (χ2v) is 5.52. The van der Waals surface area contributed by atoms with Crippen LogP contribution in [0.4, 0.5) is 0 Å². The summed E-state index contributed by atoms with van der Waals surface area (Å²) in [5.74, 6) is 0.896. The number of allylic oxidation sites excluding steroid dienone is 2. The quantitative estimate of drug-likeness (QED) is 0.629. The van der Waals surface area contributed by atoms with Crippen LogP contribution in [0.1, 0.15) is 43.2 Å². The Kier molecular flexibility index (Phi) is 3.39. The molecule has 0 aliphatic heterocycles. The molecule has 2 heteroatoms. The van der Waals surface area contributed by atoms with Crippen molar-refractivity contribution in [3.05, 3.63) is 47.5 Å². The van der Waals surface area contributed by atoms with E-state index in [4.69, 9.17) is 0 Å². The number of rotatable bonds is 3. The van der Waals surface area contributed by atoms with Gasteiger partial charge in [0.1, 0.15) is 11.5 Å². The van der Waals surface area contributed by atoms with Crippen LogP contribution in [-0.2, 0) is 6.42 Å². The zero-order valence-corrected chi connectivity index (χ0v) is 11.8. The van der Waals surface area contributed by atoms with Gasteiger partial charge in [-0.25, -0.2) is 0 Å². The largest absolute Gasteiger partial charge is 0.507 e. The first-order chi connectivity index (χ1) is 9.74. The molecule has 3 rings (SSSR count). The fourth-order valence-electron chi connectivity index (χ4n) is 3.19. The fourth-order valence-corrected chi connectivity index (χ4v) is 3.19. The third-order valence-electron chi connectivity index (χ3n) is 4.23. The van der Waals surface area contributed by atoms with Gasteiger partial charge in [0.2, 0.25) is 0 Å². The summed E-state index contributed by atoms with van der Waals surface area (Å²) in [6, 6.07) is 7.53. The summed E-state index contributed by atoms with van der Waals surface area (Å²) in [6.07, 6.45) is 8.26. The number of benzene rings is 2. The minimum absolute atomic E-state index is 0.217. The van der Waals surface area contributed by atoms with Crippen LogP contribution in [0.25, 0.3) is 10.8 Å². The molecular weight excluding hydrogens is 248 g/mol. The van der Waals surface area contributed by atoms with Gasteiger partial charge in [0.25, 0.3) is 0 Å². The number of phenolic OH excluding ortho intramolecular Hbond substituents is 2. The second kappa shape index (κ2) is 5.20. The van der Waals surface area contributed by atoms with Crippen LogP contribution in [0, 0.1) is 0 Å². The van der Waals surface area contributed by atoms with Crippen molar-refractivity contribution in [2.75, 3.05) is 0 Å². The summed E-state index contributed by atoms with van der Waals surface area (Å²) in [5.41, 5.74) is 1.82. The van der Waals surface area contributed by atoms with E-state index in [1.807, 2.05) is 24.3 Å². The zero-order valence-electron chi connectivity index (χ0n) is 11.8. The third kappa shape index (κ3) is 1.96. The SMILES string of the molecule is CCCCC1C=CCc2c1c(O)c1ccccc1c2O. The lowest BCUT2D eigenvalue weighted by Gasteiger charge is -2.24. The van der Waals surface area contributed by atoms with E-state index in [2.05, 4.69) is 19.1 Å². The highest BCUT2D eigenvalue weighted by molar-refractivity contribution is 5.96. The Morgan fingerprint density at radius 2 is 1.80 bits per heavy atom. The highest BCUT2D eigenvalue weighted by atomic mass is 16.3. The van der Waals surface area contributed by atoms with Crippen molar-refractivity contribution in [2.24, 2.45) is 0 Å². The molecule has 1 unspecified atom stereocenters. The molecule has 1 aliphatic rings. The van der Waals surface area contributed by atoms with Crippen molar-refractivity contribution in [1.29, 1.82) is 0 Å². The molecule has 0 spiro atoms. The van der Waals surface area contributed by atoms with Crippen molar-refractivity contribution in [2.45, 2.75) is 38.5 Å². The first kappa shape index (κ1) is 13.0. The maximum absolute atomic E-state index is 10.6. The first-order valence-electron chi connectivity index (χ1n) is 7.36. The molecule has 0 saturated carbocycles. The maximum Gasteiger partial charge on any atom is 0.127 e. The predicted molar refractivity (Wildman–Crippen MR) is 82.4 cm³/mol. The molecule has 1 atom stereocenters. The Hall–Kier alpha value is -1.96. The Labute approximate surface area is 119 Å². The number of hydrogen-bond acceptors (Lipinski definition) is 2. The molecule has 2 aromatic rings. The number of hydrogen-bond donors (Lipinski definition) is 2. The van der Waals surface area contributed by atoms with Gasteiger partial charge < -0.3 is 10.2 Å². The number of fused-ring (bicyclic) bond motifs is 2. The van der Waals surface area contributed by atoms with Gasteiger partial charge in [-0.1, -0.05) is 56.2 Å². The predicted octanol–water partition coefficient (Wildman–Crippen LogP) is 4.64. The van der Waals surface area contributed by atoms with Crippen molar-refractivity contribution >= 4 is 10.8 Å². The topological polar surface area (TPSA) is 40.5 Å². The molecular formula is C18H20O2. The molecule has 2 aromatic carbocycles. The van der Waals surface area contributed by atoms with Gasteiger partial charge >= 0.3 is 0 Å². The van der Waals surface area contributed by atoms with E-state index in [9.17, 15) is 10.2 Å². The molecule has 0 heterocycles. The lowest BCUT2D eigenvalue weighted by Crippen LogP contribution is -2.06. The van der Waals surface area contributed by atoms with Gasteiger partial charge in [-0.05, 0) is 12.8 Å². The second-order valence-electron chi connectivity index (χ2n) is 5.52. The normalized spacial score (nSPS) is 17.4. The average Bonchev–Trinajstić information content (AvgIpc) is 2.50. The highest BCUT2D eigenvalue weighted by Gasteiger charge is 2.25. The zero-order chi connectivity index (χ0) is 14.1. The Morgan fingerprint density at radius 1 is 1.10 bits per heavy atom. The van der Waals surface area contributed by atoms with Crippen molar-refractivity contribution in [3.63, 3.8) is 0 Å². The first-order valence-corrected chi connectivity index (χ1v) is 7.36. The summed E-state index contributed by atoms with van der Waals surface area (Å²) < 4.78 is 0. The minimum atomic E-state index is 0.217. The van der Waals surface area contributed by atoms with Gasteiger partial charge in [0.05, 0.1) is 0 Å². The van der Waals surface area contributed by atoms with E-state index < -0.39 is 0 Å². The number of aromatic hydroxyl groups is 2. The molecule has 2 N–H and O–H groups in total. The Bertz CT molecular complexity index is 671. The summed E-state index contributed by atoms with van der Waals surface area (Å²) in [4.78, 5) is 0. The van der Waals surface area contributed by atoms with E-state index in [-0.39, 0.29) is 5.92 Å². The van der Waals surface area contributed by atoms with Crippen molar-refractivity contribution in [1.82, 2.24) is 0 Å². The van der Waals surface area contributed by atoms with Gasteiger partial charge in [-0.15, -0.1) is 0 Å². The maximum atomic E-state index is 10.6. The number of phenols is 2. The van der Waals surface area contributed by atoms with E-state index in [0.29, 0.717) is 17.9 Å². The monoisotopic (exact) mass is 268 g/mol. The number of unbranched alkanes of at least 4 members (excludes halogenated alkanes) is 1. The van der Waals surface area contributed by atoms with Gasteiger partial charge in [0, 0.05) is 27.8 Å². The molecule has 0 radical (unpaired) electrons. The van der Waals surface area contributed by atoms with Crippen LogP contribution >= 0.6 is 0 Å². The summed E-state index contributed by atoms with van der Waals surface area (Å²) in [5, 5.41) is 22.7. The van der Waals surface area contributed by atoms with E-state index >= 15 is 0 Å². The molecule has 0 bridgehead atoms. The van der Waals surface area contributed by atoms with Gasteiger partial charge in [-0.2, -0.15) is 0 Å². The highest BCUT2D eigenvalue weighted by Crippen LogP contribution is 2.46. The lowest BCUT2D eigenvalue weighted by molar-refractivity contribution is 0.452. The molecule has 20 heavy (non-hydrogen) atoms. The summed E-state index contributed by atoms with van der Waals surface area (Å²) in [6.45, 7) is 2.17. The fraction of sp³-hybridized carbons (Fsp3) is 0.333. The van der Waals surface area contributed by atoms with Crippen LogP contribution in [0.15, 0.2) is 36.4 Å². The molecule has 0 aromatic heterocycles. The van der Waals surface area contributed by atoms with E-state index in [0.717, 1.165) is 41.2 Å². The molecule has 1 aliphatic carbocycles. The lowest BCUT2D eigenvalue weighted by atomic mass is 9.82. The molecule has 0 fully saturated rings. The van der Waals surface area contributed by atoms with Gasteiger partial charge in [-0.3, -0.25) is 0 Å². The van der Waals surface area contributed by atoms with Crippen molar-refractivity contribution in [3.8, 4) is 11.5 Å². The van der Waals surface area contributed by atoms with Crippen molar-refractivity contribution < 1.29 is 10.2 Å². The average molecular weight is 268 g/mol.